The molecule has 0 saturated heterocycles. The molecule has 1 unspecified atom stereocenters. The fourth-order valence-corrected chi connectivity index (χ4v) is 2.70. The summed E-state index contributed by atoms with van der Waals surface area (Å²) < 4.78 is 0. The summed E-state index contributed by atoms with van der Waals surface area (Å²) in [5.41, 5.74) is 6.47. The first-order valence-electron chi connectivity index (χ1n) is 5.71. The Bertz CT molecular complexity index is 434. The average molecular weight is 323 g/mol. The molecule has 0 heterocycles. The van der Waals surface area contributed by atoms with E-state index in [1.54, 1.807) is 0 Å². The van der Waals surface area contributed by atoms with Crippen molar-refractivity contribution in [2.75, 3.05) is 23.4 Å². The van der Waals surface area contributed by atoms with E-state index in [9.17, 15) is 4.79 Å². The Hall–Kier alpha value is -0.620. The normalized spacial score (nSPS) is 12.2. The number of hydrogen-bond donors (Lipinski definition) is 3. The number of benzene rings is 1. The second kappa shape index (κ2) is 7.85. The van der Waals surface area contributed by atoms with Crippen molar-refractivity contribution < 1.29 is 9.90 Å². The van der Waals surface area contributed by atoms with Crippen LogP contribution in [0.1, 0.15) is 13.3 Å². The van der Waals surface area contributed by atoms with E-state index in [1.807, 2.05) is 6.92 Å². The van der Waals surface area contributed by atoms with Gasteiger partial charge in [-0.1, -0.05) is 30.1 Å². The Labute approximate surface area is 126 Å². The van der Waals surface area contributed by atoms with Crippen LogP contribution in [-0.4, -0.2) is 28.6 Å². The lowest BCUT2D eigenvalue weighted by Crippen LogP contribution is -2.15. The number of nitrogens with one attached hydrogen (secondary N) is 1. The van der Waals surface area contributed by atoms with Crippen LogP contribution < -0.4 is 11.1 Å². The number of halogens is 2. The van der Waals surface area contributed by atoms with Crippen LogP contribution in [-0.2, 0) is 4.79 Å². The largest absolute Gasteiger partial charge is 0.397 e. The zero-order valence-electron chi connectivity index (χ0n) is 10.5. The van der Waals surface area contributed by atoms with Crippen molar-refractivity contribution in [3.05, 3.63) is 22.2 Å². The highest BCUT2D eigenvalue weighted by atomic mass is 35.5. The smallest absolute Gasteiger partial charge is 0.225 e. The maximum Gasteiger partial charge on any atom is 0.225 e. The van der Waals surface area contributed by atoms with Crippen LogP contribution in [0.5, 0.6) is 0 Å². The Morgan fingerprint density at radius 1 is 1.53 bits per heavy atom. The van der Waals surface area contributed by atoms with Crippen LogP contribution in [0.3, 0.4) is 0 Å². The molecule has 0 aliphatic rings. The van der Waals surface area contributed by atoms with Crippen molar-refractivity contribution in [2.45, 2.75) is 18.6 Å². The maximum atomic E-state index is 11.7. The van der Waals surface area contributed by atoms with Gasteiger partial charge >= 0.3 is 0 Å². The topological polar surface area (TPSA) is 75.3 Å². The third-order valence-corrected chi connectivity index (χ3v) is 4.01. The van der Waals surface area contributed by atoms with Gasteiger partial charge in [0.25, 0.3) is 0 Å². The highest BCUT2D eigenvalue weighted by molar-refractivity contribution is 7.99. The van der Waals surface area contributed by atoms with Crippen molar-refractivity contribution in [3.8, 4) is 0 Å². The molecule has 0 aromatic heterocycles. The molecule has 1 aromatic rings. The van der Waals surface area contributed by atoms with E-state index in [-0.39, 0.29) is 17.8 Å². The second-order valence-electron chi connectivity index (χ2n) is 4.01. The summed E-state index contributed by atoms with van der Waals surface area (Å²) in [4.78, 5) is 11.7. The Balaban J connectivity index is 2.53. The fraction of sp³-hybridized carbons (Fsp3) is 0.417. The number of aliphatic hydroxyl groups is 1. The number of aliphatic hydroxyl groups excluding tert-OH is 1. The van der Waals surface area contributed by atoms with Gasteiger partial charge in [-0.05, 0) is 12.1 Å². The monoisotopic (exact) mass is 322 g/mol. The first kappa shape index (κ1) is 16.4. The Morgan fingerprint density at radius 3 is 2.79 bits per heavy atom. The standard InChI is InChI=1S/C12H16Cl2N2O2S/c1-7(6-17)19-3-2-11(18)16-12-9(14)4-8(13)5-10(12)15/h4-5,7,17H,2-3,6,15H2,1H3,(H,16,18). The van der Waals surface area contributed by atoms with Crippen LogP contribution in [0.15, 0.2) is 12.1 Å². The highest BCUT2D eigenvalue weighted by Crippen LogP contribution is 2.32. The number of nitrogens with two attached hydrogens (primary N) is 1. The summed E-state index contributed by atoms with van der Waals surface area (Å²) >= 11 is 13.3. The highest BCUT2D eigenvalue weighted by Gasteiger charge is 2.11. The first-order chi connectivity index (χ1) is 8.93. The molecule has 0 saturated carbocycles. The SMILES string of the molecule is CC(CO)SCCC(=O)Nc1c(N)cc(Cl)cc1Cl. The third kappa shape index (κ3) is 5.48. The van der Waals surface area contributed by atoms with Crippen LogP contribution in [0.25, 0.3) is 0 Å². The van der Waals surface area contributed by atoms with E-state index in [2.05, 4.69) is 5.32 Å². The Kier molecular flexibility index (Phi) is 6.79. The van der Waals surface area contributed by atoms with Gasteiger partial charge in [0.2, 0.25) is 5.91 Å². The molecule has 1 aromatic carbocycles. The van der Waals surface area contributed by atoms with Crippen LogP contribution in [0.2, 0.25) is 10.0 Å². The van der Waals surface area contributed by atoms with E-state index in [0.717, 1.165) is 0 Å². The molecular weight excluding hydrogens is 307 g/mol. The molecule has 0 radical (unpaired) electrons. The van der Waals surface area contributed by atoms with Crippen LogP contribution in [0.4, 0.5) is 11.4 Å². The predicted molar refractivity (Wildman–Crippen MR) is 83.1 cm³/mol. The number of carbonyl (C=O) groups excluding carboxylic acids is 1. The van der Waals surface area contributed by atoms with Gasteiger partial charge in [0.05, 0.1) is 23.0 Å². The molecule has 0 spiro atoms. The predicted octanol–water partition coefficient (Wildman–Crippen LogP) is 3.02. The number of thioether (sulfide) groups is 1. The summed E-state index contributed by atoms with van der Waals surface area (Å²) in [6, 6.07) is 3.06. The molecule has 0 bridgehead atoms. The van der Waals surface area contributed by atoms with Crippen molar-refractivity contribution in [2.24, 2.45) is 0 Å². The molecule has 4 nitrogen and oxygen atoms in total. The minimum atomic E-state index is -0.173. The van der Waals surface area contributed by atoms with E-state index in [4.69, 9.17) is 34.0 Å². The molecular formula is C12H16Cl2N2O2S. The minimum absolute atomic E-state index is 0.0995. The Morgan fingerprint density at radius 2 is 2.21 bits per heavy atom. The van der Waals surface area contributed by atoms with Gasteiger partial charge in [0.1, 0.15) is 0 Å². The lowest BCUT2D eigenvalue weighted by atomic mass is 10.2. The van der Waals surface area contributed by atoms with Gasteiger partial charge in [-0.15, -0.1) is 0 Å². The third-order valence-electron chi connectivity index (χ3n) is 2.34. The quantitative estimate of drug-likeness (QED) is 0.704. The number of carbonyl (C=O) groups is 1. The first-order valence-corrected chi connectivity index (χ1v) is 7.51. The number of rotatable bonds is 6. The lowest BCUT2D eigenvalue weighted by molar-refractivity contribution is -0.115. The summed E-state index contributed by atoms with van der Waals surface area (Å²) in [6.07, 6.45) is 0.327. The molecule has 1 atom stereocenters. The van der Waals surface area contributed by atoms with E-state index in [0.29, 0.717) is 33.6 Å². The molecule has 1 amide bonds. The van der Waals surface area contributed by atoms with Gasteiger partial charge in [0.15, 0.2) is 0 Å². The molecule has 0 aliphatic heterocycles. The molecule has 106 valence electrons. The van der Waals surface area contributed by atoms with Gasteiger partial charge in [-0.3, -0.25) is 4.79 Å². The van der Waals surface area contributed by atoms with Crippen LogP contribution in [0, 0.1) is 0 Å². The molecule has 4 N–H and O–H groups in total. The van der Waals surface area contributed by atoms with E-state index < -0.39 is 0 Å². The summed E-state index contributed by atoms with van der Waals surface area (Å²) in [5.74, 6) is 0.451. The second-order valence-corrected chi connectivity index (χ2v) is 6.40. The van der Waals surface area contributed by atoms with Crippen LogP contribution >= 0.6 is 35.0 Å². The van der Waals surface area contributed by atoms with Gasteiger partial charge in [-0.2, -0.15) is 11.8 Å². The minimum Gasteiger partial charge on any atom is -0.397 e. The molecule has 0 aliphatic carbocycles. The molecule has 0 fully saturated rings. The lowest BCUT2D eigenvalue weighted by Gasteiger charge is -2.11. The van der Waals surface area contributed by atoms with E-state index in [1.165, 1.54) is 23.9 Å². The number of hydrogen-bond acceptors (Lipinski definition) is 4. The summed E-state index contributed by atoms with van der Waals surface area (Å²) in [5, 5.41) is 12.4. The maximum absolute atomic E-state index is 11.7. The molecule has 7 heteroatoms. The average Bonchev–Trinajstić information content (AvgIpc) is 2.33. The summed E-state index contributed by atoms with van der Waals surface area (Å²) in [6.45, 7) is 2.00. The fourth-order valence-electron chi connectivity index (χ4n) is 1.33. The number of amides is 1. The zero-order valence-corrected chi connectivity index (χ0v) is 12.8. The summed E-state index contributed by atoms with van der Waals surface area (Å²) in [7, 11) is 0. The zero-order chi connectivity index (χ0) is 14.4. The molecule has 1 rings (SSSR count). The van der Waals surface area contributed by atoms with Crippen molar-refractivity contribution in [1.29, 1.82) is 0 Å². The number of anilines is 2. The van der Waals surface area contributed by atoms with Gasteiger partial charge < -0.3 is 16.2 Å². The van der Waals surface area contributed by atoms with Gasteiger partial charge in [0, 0.05) is 22.4 Å². The molecule has 19 heavy (non-hydrogen) atoms. The van der Waals surface area contributed by atoms with Crippen molar-refractivity contribution in [1.82, 2.24) is 0 Å². The van der Waals surface area contributed by atoms with Crippen molar-refractivity contribution in [3.63, 3.8) is 0 Å². The van der Waals surface area contributed by atoms with E-state index >= 15 is 0 Å². The van der Waals surface area contributed by atoms with Gasteiger partial charge in [-0.25, -0.2) is 0 Å². The van der Waals surface area contributed by atoms with Crippen molar-refractivity contribution >= 4 is 52.2 Å². The number of nitrogen functional groups attached to an aromatic ring is 1.